The third kappa shape index (κ3) is 3.78. The van der Waals surface area contributed by atoms with Gasteiger partial charge in [0.2, 0.25) is 0 Å². The van der Waals surface area contributed by atoms with Gasteiger partial charge in [0.1, 0.15) is 18.0 Å². The monoisotopic (exact) mass is 347 g/mol. The lowest BCUT2D eigenvalue weighted by molar-refractivity contribution is 0.329. The molecule has 1 unspecified atom stereocenters. The number of aromatic nitrogens is 2. The standard InChI is InChI=1S/C21H25N5/c1-25(2)21-12-20(22-15-23-21)24-19-9-10-26(14-19)13-16-7-8-17-5-3-4-6-18(17)11-16/h3-8,11-12,15,19H,9-10,13-14H2,1-2H3,(H,22,23,24). The topological polar surface area (TPSA) is 44.3 Å². The Morgan fingerprint density at radius 2 is 1.92 bits per heavy atom. The maximum absolute atomic E-state index is 4.36. The highest BCUT2D eigenvalue weighted by Gasteiger charge is 2.22. The summed E-state index contributed by atoms with van der Waals surface area (Å²) in [7, 11) is 3.99. The van der Waals surface area contributed by atoms with E-state index < -0.39 is 0 Å². The molecular weight excluding hydrogens is 322 g/mol. The van der Waals surface area contributed by atoms with Crippen molar-refractivity contribution in [2.24, 2.45) is 0 Å². The van der Waals surface area contributed by atoms with E-state index in [1.165, 1.54) is 16.3 Å². The van der Waals surface area contributed by atoms with Crippen LogP contribution in [0.15, 0.2) is 54.9 Å². The third-order valence-electron chi connectivity index (χ3n) is 4.96. The molecule has 1 aliphatic rings. The Bertz CT molecular complexity index is 892. The SMILES string of the molecule is CN(C)c1cc(NC2CCN(Cc3ccc4ccccc4c3)C2)ncn1. The first-order valence-electron chi connectivity index (χ1n) is 9.13. The fourth-order valence-electron chi connectivity index (χ4n) is 3.57. The van der Waals surface area contributed by atoms with Gasteiger partial charge in [-0.1, -0.05) is 36.4 Å². The molecule has 3 aromatic rings. The third-order valence-corrected chi connectivity index (χ3v) is 4.96. The van der Waals surface area contributed by atoms with Crippen molar-refractivity contribution in [3.63, 3.8) is 0 Å². The quantitative estimate of drug-likeness (QED) is 0.766. The van der Waals surface area contributed by atoms with Gasteiger partial charge < -0.3 is 10.2 Å². The summed E-state index contributed by atoms with van der Waals surface area (Å²) in [5.41, 5.74) is 1.38. The molecule has 0 spiro atoms. The summed E-state index contributed by atoms with van der Waals surface area (Å²) in [6, 6.07) is 17.8. The number of hydrogen-bond acceptors (Lipinski definition) is 5. The molecule has 0 aliphatic carbocycles. The van der Waals surface area contributed by atoms with Crippen molar-refractivity contribution in [2.75, 3.05) is 37.4 Å². The maximum atomic E-state index is 4.36. The van der Waals surface area contributed by atoms with Gasteiger partial charge >= 0.3 is 0 Å². The minimum atomic E-state index is 0.431. The van der Waals surface area contributed by atoms with Crippen LogP contribution in [-0.2, 0) is 6.54 Å². The molecule has 1 aliphatic heterocycles. The van der Waals surface area contributed by atoms with Gasteiger partial charge in [-0.25, -0.2) is 9.97 Å². The molecule has 5 heteroatoms. The fraction of sp³-hybridized carbons (Fsp3) is 0.333. The van der Waals surface area contributed by atoms with Crippen LogP contribution < -0.4 is 10.2 Å². The van der Waals surface area contributed by atoms with Crippen LogP contribution >= 0.6 is 0 Å². The number of rotatable bonds is 5. The Morgan fingerprint density at radius 1 is 1.08 bits per heavy atom. The first-order chi connectivity index (χ1) is 12.7. The van der Waals surface area contributed by atoms with E-state index in [9.17, 15) is 0 Å². The summed E-state index contributed by atoms with van der Waals surface area (Å²) >= 11 is 0. The number of nitrogens with one attached hydrogen (secondary N) is 1. The molecule has 0 bridgehead atoms. The largest absolute Gasteiger partial charge is 0.366 e. The molecule has 5 nitrogen and oxygen atoms in total. The van der Waals surface area contributed by atoms with Crippen LogP contribution in [0.3, 0.4) is 0 Å². The van der Waals surface area contributed by atoms with Gasteiger partial charge in [-0.3, -0.25) is 4.90 Å². The smallest absolute Gasteiger partial charge is 0.133 e. The minimum Gasteiger partial charge on any atom is -0.366 e. The van der Waals surface area contributed by atoms with E-state index in [-0.39, 0.29) is 0 Å². The first-order valence-corrected chi connectivity index (χ1v) is 9.13. The number of benzene rings is 2. The lowest BCUT2D eigenvalue weighted by Gasteiger charge is -2.18. The zero-order valence-electron chi connectivity index (χ0n) is 15.4. The second kappa shape index (κ2) is 7.30. The van der Waals surface area contributed by atoms with E-state index >= 15 is 0 Å². The highest BCUT2D eigenvalue weighted by Crippen LogP contribution is 2.21. The van der Waals surface area contributed by atoms with Gasteiger partial charge in [0.25, 0.3) is 0 Å². The number of anilines is 2. The average Bonchev–Trinajstić information content (AvgIpc) is 3.08. The van der Waals surface area contributed by atoms with Gasteiger partial charge in [-0.15, -0.1) is 0 Å². The average molecular weight is 347 g/mol. The van der Waals surface area contributed by atoms with E-state index in [1.807, 2.05) is 25.1 Å². The van der Waals surface area contributed by atoms with Gasteiger partial charge in [0.15, 0.2) is 0 Å². The molecule has 1 saturated heterocycles. The van der Waals surface area contributed by atoms with Crippen molar-refractivity contribution in [1.29, 1.82) is 0 Å². The Balaban J connectivity index is 1.38. The molecule has 1 aromatic heterocycles. The van der Waals surface area contributed by atoms with Crippen molar-refractivity contribution >= 4 is 22.4 Å². The van der Waals surface area contributed by atoms with Gasteiger partial charge in [0, 0.05) is 45.8 Å². The van der Waals surface area contributed by atoms with E-state index in [1.54, 1.807) is 6.33 Å². The van der Waals surface area contributed by atoms with Gasteiger partial charge in [-0.05, 0) is 28.8 Å². The van der Waals surface area contributed by atoms with Crippen molar-refractivity contribution in [2.45, 2.75) is 19.0 Å². The fourth-order valence-corrected chi connectivity index (χ4v) is 3.57. The second-order valence-corrected chi connectivity index (χ2v) is 7.20. The lowest BCUT2D eigenvalue weighted by atomic mass is 10.1. The predicted octanol–water partition coefficient (Wildman–Crippen LogP) is 3.38. The van der Waals surface area contributed by atoms with E-state index in [0.717, 1.165) is 37.7 Å². The van der Waals surface area contributed by atoms with Gasteiger partial charge in [0.05, 0.1) is 0 Å². The van der Waals surface area contributed by atoms with Crippen molar-refractivity contribution in [3.8, 4) is 0 Å². The number of hydrogen-bond donors (Lipinski definition) is 1. The number of fused-ring (bicyclic) bond motifs is 1. The molecule has 1 atom stereocenters. The molecule has 2 heterocycles. The Morgan fingerprint density at radius 3 is 2.77 bits per heavy atom. The van der Waals surface area contributed by atoms with E-state index in [2.05, 4.69) is 62.6 Å². The van der Waals surface area contributed by atoms with Crippen molar-refractivity contribution in [1.82, 2.24) is 14.9 Å². The first kappa shape index (κ1) is 16.8. The van der Waals surface area contributed by atoms with Gasteiger partial charge in [-0.2, -0.15) is 0 Å². The summed E-state index contributed by atoms with van der Waals surface area (Å²) in [6.45, 7) is 3.14. The summed E-state index contributed by atoms with van der Waals surface area (Å²) in [4.78, 5) is 13.1. The van der Waals surface area contributed by atoms with Crippen LogP contribution in [0.1, 0.15) is 12.0 Å². The molecule has 2 aromatic carbocycles. The second-order valence-electron chi connectivity index (χ2n) is 7.20. The van der Waals surface area contributed by atoms with Crippen molar-refractivity contribution in [3.05, 3.63) is 60.4 Å². The Kier molecular flexibility index (Phi) is 4.71. The van der Waals surface area contributed by atoms with E-state index in [0.29, 0.717) is 6.04 Å². The summed E-state index contributed by atoms with van der Waals surface area (Å²) in [5.74, 6) is 1.83. The summed E-state index contributed by atoms with van der Waals surface area (Å²) in [5, 5.41) is 6.18. The molecule has 26 heavy (non-hydrogen) atoms. The van der Waals surface area contributed by atoms with Crippen LogP contribution in [0, 0.1) is 0 Å². The van der Waals surface area contributed by atoms with Crippen LogP contribution in [0.5, 0.6) is 0 Å². The Labute approximate surface area is 154 Å². The zero-order valence-corrected chi connectivity index (χ0v) is 15.4. The molecule has 0 radical (unpaired) electrons. The summed E-state index contributed by atoms with van der Waals surface area (Å²) < 4.78 is 0. The molecule has 0 amide bonds. The van der Waals surface area contributed by atoms with E-state index in [4.69, 9.17) is 0 Å². The molecule has 0 saturated carbocycles. The van der Waals surface area contributed by atoms with Crippen LogP contribution in [0.25, 0.3) is 10.8 Å². The number of likely N-dealkylation sites (tertiary alicyclic amines) is 1. The van der Waals surface area contributed by atoms with Crippen LogP contribution in [-0.4, -0.2) is 48.1 Å². The summed E-state index contributed by atoms with van der Waals surface area (Å²) in [6.07, 6.45) is 2.76. The molecule has 134 valence electrons. The van der Waals surface area contributed by atoms with Crippen LogP contribution in [0.4, 0.5) is 11.6 Å². The molecule has 1 fully saturated rings. The van der Waals surface area contributed by atoms with Crippen LogP contribution in [0.2, 0.25) is 0 Å². The van der Waals surface area contributed by atoms with Crippen molar-refractivity contribution < 1.29 is 0 Å². The lowest BCUT2D eigenvalue weighted by Crippen LogP contribution is -2.26. The molecular formula is C21H25N5. The highest BCUT2D eigenvalue weighted by molar-refractivity contribution is 5.82. The normalized spacial score (nSPS) is 17.5. The predicted molar refractivity (Wildman–Crippen MR) is 108 cm³/mol. The molecule has 1 N–H and O–H groups in total. The molecule has 4 rings (SSSR count). The maximum Gasteiger partial charge on any atom is 0.133 e. The highest BCUT2D eigenvalue weighted by atomic mass is 15.2. The Hall–Kier alpha value is -2.66. The number of nitrogens with zero attached hydrogens (tertiary/aromatic N) is 4. The minimum absolute atomic E-state index is 0.431. The zero-order chi connectivity index (χ0) is 17.9.